The predicted molar refractivity (Wildman–Crippen MR) is 121 cm³/mol. The van der Waals surface area contributed by atoms with Gasteiger partial charge in [-0.1, -0.05) is 6.07 Å². The van der Waals surface area contributed by atoms with Crippen molar-refractivity contribution < 1.29 is 23.0 Å². The molecule has 0 spiro atoms. The number of hydrogen-bond donors (Lipinski definition) is 1. The average molecular weight is 462 g/mol. The summed E-state index contributed by atoms with van der Waals surface area (Å²) in [5.74, 6) is -1.94. The van der Waals surface area contributed by atoms with Crippen LogP contribution in [0, 0.1) is 11.6 Å². The second-order valence-corrected chi connectivity index (χ2v) is 8.51. The molecule has 1 saturated carbocycles. The Labute approximate surface area is 193 Å². The Morgan fingerprint density at radius 2 is 1.79 bits per heavy atom. The summed E-state index contributed by atoms with van der Waals surface area (Å²) in [5, 5.41) is 8.05. The summed E-state index contributed by atoms with van der Waals surface area (Å²) in [6.07, 6.45) is 3.65. The molecule has 0 bridgehead atoms. The topological polar surface area (TPSA) is 80.3 Å². The lowest BCUT2D eigenvalue weighted by atomic mass is 10.0. The average Bonchev–Trinajstić information content (AvgIpc) is 3.52. The van der Waals surface area contributed by atoms with Gasteiger partial charge < -0.3 is 14.4 Å². The van der Waals surface area contributed by atoms with Gasteiger partial charge in [0, 0.05) is 41.4 Å². The summed E-state index contributed by atoms with van der Waals surface area (Å²) in [7, 11) is 2.59. The van der Waals surface area contributed by atoms with E-state index in [0.29, 0.717) is 29.2 Å². The fourth-order valence-corrected chi connectivity index (χ4v) is 4.55. The number of halogens is 2. The first-order chi connectivity index (χ1) is 16.5. The fourth-order valence-electron chi connectivity index (χ4n) is 4.55. The van der Waals surface area contributed by atoms with Crippen LogP contribution in [0.2, 0.25) is 0 Å². The first-order valence-electron chi connectivity index (χ1n) is 10.9. The molecule has 6 rings (SSSR count). The molecule has 0 unspecified atom stereocenters. The molecule has 34 heavy (non-hydrogen) atoms. The Hall–Kier alpha value is -4.01. The molecular weight excluding hydrogens is 442 g/mol. The minimum atomic E-state index is -0.865. The number of H-pyrrole nitrogens is 1. The molecule has 2 aliphatic rings. The van der Waals surface area contributed by atoms with Gasteiger partial charge in [-0.15, -0.1) is 0 Å². The third kappa shape index (κ3) is 3.03. The summed E-state index contributed by atoms with van der Waals surface area (Å²) >= 11 is 0. The molecule has 1 aliphatic carbocycles. The standard InChI is InChI=1S/C25H20F2N4O3/c1-33-19-9-20(34-2)23(27)21(22(19)26)18-8-17-16(10-28-18)24(30-29-17)12-3-6-15-13(7-12)11-31(25(15)32)14-4-5-14/h3,6-10,14H,4-5,11H2,1-2H3,(H,29,30). The predicted octanol–water partition coefficient (Wildman–Crippen LogP) is 4.71. The molecule has 1 amide bonds. The zero-order valence-electron chi connectivity index (χ0n) is 18.5. The smallest absolute Gasteiger partial charge is 0.254 e. The van der Waals surface area contributed by atoms with Crippen LogP contribution in [0.15, 0.2) is 36.5 Å². The largest absolute Gasteiger partial charge is 0.494 e. The van der Waals surface area contributed by atoms with Crippen LogP contribution in [0.4, 0.5) is 8.78 Å². The van der Waals surface area contributed by atoms with E-state index in [-0.39, 0.29) is 28.7 Å². The maximum Gasteiger partial charge on any atom is 0.254 e. The van der Waals surface area contributed by atoms with Gasteiger partial charge in [0.2, 0.25) is 0 Å². The molecule has 2 aromatic carbocycles. The molecule has 1 fully saturated rings. The van der Waals surface area contributed by atoms with Crippen LogP contribution in [0.1, 0.15) is 28.8 Å². The van der Waals surface area contributed by atoms with Crippen molar-refractivity contribution in [2.24, 2.45) is 0 Å². The minimum Gasteiger partial charge on any atom is -0.494 e. The van der Waals surface area contributed by atoms with E-state index in [4.69, 9.17) is 9.47 Å². The van der Waals surface area contributed by atoms with Crippen molar-refractivity contribution in [2.75, 3.05) is 14.2 Å². The molecule has 172 valence electrons. The van der Waals surface area contributed by atoms with Crippen molar-refractivity contribution in [2.45, 2.75) is 25.4 Å². The van der Waals surface area contributed by atoms with Gasteiger partial charge in [0.1, 0.15) is 5.69 Å². The highest BCUT2D eigenvalue weighted by molar-refractivity contribution is 6.00. The molecule has 1 N–H and O–H groups in total. The molecule has 3 heterocycles. The van der Waals surface area contributed by atoms with E-state index in [9.17, 15) is 13.6 Å². The number of rotatable bonds is 5. The molecule has 0 radical (unpaired) electrons. The van der Waals surface area contributed by atoms with Crippen LogP contribution in [0.5, 0.6) is 11.5 Å². The molecule has 9 heteroatoms. The quantitative estimate of drug-likeness (QED) is 0.465. The van der Waals surface area contributed by atoms with Gasteiger partial charge in [-0.3, -0.25) is 14.9 Å². The van der Waals surface area contributed by atoms with Gasteiger partial charge in [0.15, 0.2) is 23.1 Å². The van der Waals surface area contributed by atoms with Gasteiger partial charge in [-0.05, 0) is 36.6 Å². The summed E-state index contributed by atoms with van der Waals surface area (Å²) in [6.45, 7) is 0.605. The highest BCUT2D eigenvalue weighted by Crippen LogP contribution is 2.39. The highest BCUT2D eigenvalue weighted by Gasteiger charge is 2.38. The number of nitrogens with one attached hydrogen (secondary N) is 1. The Morgan fingerprint density at radius 1 is 1.06 bits per heavy atom. The maximum absolute atomic E-state index is 14.9. The van der Waals surface area contributed by atoms with E-state index in [1.165, 1.54) is 26.5 Å². The van der Waals surface area contributed by atoms with Crippen molar-refractivity contribution in [1.29, 1.82) is 0 Å². The van der Waals surface area contributed by atoms with E-state index in [1.807, 2.05) is 23.1 Å². The third-order valence-electron chi connectivity index (χ3n) is 6.48. The maximum atomic E-state index is 14.9. The van der Waals surface area contributed by atoms with Crippen LogP contribution in [-0.4, -0.2) is 46.2 Å². The summed E-state index contributed by atoms with van der Waals surface area (Å²) in [6, 6.07) is 8.73. The number of pyridine rings is 1. The van der Waals surface area contributed by atoms with Crippen LogP contribution < -0.4 is 9.47 Å². The van der Waals surface area contributed by atoms with Crippen molar-refractivity contribution >= 4 is 16.8 Å². The second kappa shape index (κ2) is 7.51. The third-order valence-corrected chi connectivity index (χ3v) is 6.48. The van der Waals surface area contributed by atoms with Gasteiger partial charge in [-0.25, -0.2) is 8.78 Å². The Balaban J connectivity index is 1.41. The van der Waals surface area contributed by atoms with Crippen LogP contribution in [0.25, 0.3) is 33.4 Å². The van der Waals surface area contributed by atoms with Gasteiger partial charge in [-0.2, -0.15) is 5.10 Å². The van der Waals surface area contributed by atoms with Gasteiger partial charge in [0.05, 0.1) is 31.0 Å². The van der Waals surface area contributed by atoms with Crippen molar-refractivity contribution in [3.05, 3.63) is 59.3 Å². The molecule has 4 aromatic rings. The van der Waals surface area contributed by atoms with E-state index in [2.05, 4.69) is 15.2 Å². The lowest BCUT2D eigenvalue weighted by molar-refractivity contribution is 0.0766. The molecule has 7 nitrogen and oxygen atoms in total. The van der Waals surface area contributed by atoms with Crippen molar-refractivity contribution in [3.8, 4) is 34.0 Å². The second-order valence-electron chi connectivity index (χ2n) is 8.51. The zero-order chi connectivity index (χ0) is 23.6. The number of aromatic nitrogens is 3. The summed E-state index contributed by atoms with van der Waals surface area (Å²) in [5.41, 5.74) is 3.50. The van der Waals surface area contributed by atoms with Crippen LogP contribution in [-0.2, 0) is 6.54 Å². The SMILES string of the molecule is COc1cc(OC)c(F)c(-c2cc3[nH]nc(-c4ccc5c(c4)CN(C4CC4)C5=O)c3cn2)c1F. The Morgan fingerprint density at radius 3 is 2.47 bits per heavy atom. The van der Waals surface area contributed by atoms with Crippen LogP contribution in [0.3, 0.4) is 0 Å². The normalized spacial score (nSPS) is 15.2. The number of nitrogens with zero attached hydrogens (tertiary/aromatic N) is 3. The molecule has 2 aromatic heterocycles. The first-order valence-corrected chi connectivity index (χ1v) is 10.9. The number of aromatic amines is 1. The number of carbonyl (C=O) groups excluding carboxylic acids is 1. The number of benzene rings is 2. The molecule has 0 atom stereocenters. The zero-order valence-corrected chi connectivity index (χ0v) is 18.5. The van der Waals surface area contributed by atoms with Crippen molar-refractivity contribution in [3.63, 3.8) is 0 Å². The number of carbonyl (C=O) groups is 1. The first kappa shape index (κ1) is 20.6. The Bertz CT molecular complexity index is 1450. The lowest BCUT2D eigenvalue weighted by Crippen LogP contribution is -2.25. The van der Waals surface area contributed by atoms with Gasteiger partial charge >= 0.3 is 0 Å². The number of hydrogen-bond acceptors (Lipinski definition) is 5. The van der Waals surface area contributed by atoms with Crippen molar-refractivity contribution in [1.82, 2.24) is 20.1 Å². The van der Waals surface area contributed by atoms with E-state index in [1.54, 1.807) is 0 Å². The van der Waals surface area contributed by atoms with Gasteiger partial charge in [0.25, 0.3) is 5.91 Å². The summed E-state index contributed by atoms with van der Waals surface area (Å²) < 4.78 is 39.9. The monoisotopic (exact) mass is 462 g/mol. The number of amides is 1. The minimum absolute atomic E-state index is 0.0783. The fraction of sp³-hybridized carbons (Fsp3) is 0.240. The van der Waals surface area contributed by atoms with E-state index < -0.39 is 11.6 Å². The lowest BCUT2D eigenvalue weighted by Gasteiger charge is -2.13. The molecular formula is C25H20F2N4O3. The molecule has 1 aliphatic heterocycles. The highest BCUT2D eigenvalue weighted by atomic mass is 19.1. The summed E-state index contributed by atoms with van der Waals surface area (Å²) in [4.78, 5) is 18.9. The number of methoxy groups -OCH3 is 2. The van der Waals surface area contributed by atoms with E-state index >= 15 is 0 Å². The van der Waals surface area contributed by atoms with E-state index in [0.717, 1.165) is 35.6 Å². The van der Waals surface area contributed by atoms with Crippen LogP contribution >= 0.6 is 0 Å². The Kier molecular flexibility index (Phi) is 4.55. The number of fused-ring (bicyclic) bond motifs is 2. The number of ether oxygens (including phenoxy) is 2. The molecule has 0 saturated heterocycles.